The van der Waals surface area contributed by atoms with Crippen molar-refractivity contribution in [3.8, 4) is 0 Å². The van der Waals surface area contributed by atoms with Gasteiger partial charge < -0.3 is 15.1 Å². The molecule has 1 aliphatic heterocycles. The molecule has 5 heteroatoms. The number of carbonyl (C=O) groups is 1. The van der Waals surface area contributed by atoms with Crippen LogP contribution in [0.25, 0.3) is 0 Å². The number of amides is 2. The molecule has 132 valence electrons. The first-order valence-electron chi connectivity index (χ1n) is 8.71. The monoisotopic (exact) mass is 341 g/mol. The molecular weight excluding hydrogens is 317 g/mol. The Bertz CT molecular complexity index is 726. The van der Waals surface area contributed by atoms with Crippen LogP contribution in [0.4, 0.5) is 14.9 Å². The number of hydrogen-bond acceptors (Lipinski definition) is 2. The lowest BCUT2D eigenvalue weighted by Gasteiger charge is -2.36. The van der Waals surface area contributed by atoms with Crippen LogP contribution in [0.3, 0.4) is 0 Å². The van der Waals surface area contributed by atoms with Crippen molar-refractivity contribution in [2.45, 2.75) is 13.3 Å². The summed E-state index contributed by atoms with van der Waals surface area (Å²) in [4.78, 5) is 16.4. The van der Waals surface area contributed by atoms with Gasteiger partial charge in [-0.05, 0) is 48.7 Å². The first kappa shape index (κ1) is 17.3. The summed E-state index contributed by atoms with van der Waals surface area (Å²) in [6.45, 7) is 5.69. The van der Waals surface area contributed by atoms with Crippen molar-refractivity contribution >= 4 is 11.7 Å². The molecule has 0 atom stereocenters. The molecule has 1 aliphatic rings. The molecule has 0 spiro atoms. The van der Waals surface area contributed by atoms with E-state index in [1.165, 1.54) is 23.4 Å². The summed E-state index contributed by atoms with van der Waals surface area (Å²) in [5.74, 6) is -0.240. The maximum Gasteiger partial charge on any atom is 0.317 e. The van der Waals surface area contributed by atoms with Crippen LogP contribution in [-0.4, -0.2) is 43.7 Å². The van der Waals surface area contributed by atoms with Crippen LogP contribution < -0.4 is 10.2 Å². The summed E-state index contributed by atoms with van der Waals surface area (Å²) in [7, 11) is 0. The van der Waals surface area contributed by atoms with Crippen molar-refractivity contribution in [3.63, 3.8) is 0 Å². The van der Waals surface area contributed by atoms with Crippen molar-refractivity contribution in [3.05, 3.63) is 65.5 Å². The molecule has 25 heavy (non-hydrogen) atoms. The average Bonchev–Trinajstić information content (AvgIpc) is 2.62. The van der Waals surface area contributed by atoms with Gasteiger partial charge in [-0.25, -0.2) is 9.18 Å². The van der Waals surface area contributed by atoms with E-state index in [2.05, 4.69) is 41.4 Å². The highest BCUT2D eigenvalue weighted by Gasteiger charge is 2.20. The number of carbonyl (C=O) groups excluding carboxylic acids is 1. The van der Waals surface area contributed by atoms with E-state index in [0.29, 0.717) is 26.1 Å². The Morgan fingerprint density at radius 3 is 2.56 bits per heavy atom. The maximum atomic E-state index is 13.1. The van der Waals surface area contributed by atoms with Gasteiger partial charge >= 0.3 is 6.03 Å². The number of aryl methyl sites for hydroxylation is 1. The molecule has 2 amide bonds. The van der Waals surface area contributed by atoms with Crippen molar-refractivity contribution in [2.75, 3.05) is 37.6 Å². The van der Waals surface area contributed by atoms with Crippen LogP contribution in [-0.2, 0) is 6.42 Å². The molecule has 2 aromatic rings. The van der Waals surface area contributed by atoms with Gasteiger partial charge in [0.1, 0.15) is 5.82 Å². The highest BCUT2D eigenvalue weighted by molar-refractivity contribution is 5.74. The highest BCUT2D eigenvalue weighted by Crippen LogP contribution is 2.17. The second-order valence-electron chi connectivity index (χ2n) is 6.42. The number of rotatable bonds is 4. The molecule has 0 bridgehead atoms. The number of benzene rings is 2. The van der Waals surface area contributed by atoms with Gasteiger partial charge in [-0.15, -0.1) is 0 Å². The third-order valence-electron chi connectivity index (χ3n) is 4.51. The van der Waals surface area contributed by atoms with Gasteiger partial charge in [-0.1, -0.05) is 24.3 Å². The molecule has 0 unspecified atom stereocenters. The second kappa shape index (κ2) is 8.01. The Kier molecular flexibility index (Phi) is 5.53. The predicted octanol–water partition coefficient (Wildman–Crippen LogP) is 3.21. The Balaban J connectivity index is 1.44. The molecule has 0 aromatic heterocycles. The van der Waals surface area contributed by atoms with E-state index in [1.807, 2.05) is 11.0 Å². The predicted molar refractivity (Wildman–Crippen MR) is 98.5 cm³/mol. The number of nitrogens with zero attached hydrogens (tertiary/aromatic N) is 2. The van der Waals surface area contributed by atoms with Crippen molar-refractivity contribution in [2.24, 2.45) is 0 Å². The van der Waals surface area contributed by atoms with Crippen LogP contribution in [0.1, 0.15) is 11.1 Å². The number of anilines is 1. The first-order chi connectivity index (χ1) is 12.1. The summed E-state index contributed by atoms with van der Waals surface area (Å²) < 4.78 is 13.1. The molecule has 0 radical (unpaired) electrons. The van der Waals surface area contributed by atoms with Crippen LogP contribution in [0, 0.1) is 12.7 Å². The van der Waals surface area contributed by atoms with Gasteiger partial charge in [-0.3, -0.25) is 0 Å². The molecule has 1 fully saturated rings. The van der Waals surface area contributed by atoms with E-state index < -0.39 is 0 Å². The largest absolute Gasteiger partial charge is 0.368 e. The maximum absolute atomic E-state index is 13.1. The standard InChI is InChI=1S/C20H24FN3O/c1-16-4-2-7-19(14-16)23-10-12-24(13-11-23)20(25)22-9-8-17-5-3-6-18(21)15-17/h2-7,14-15H,8-13H2,1H3,(H,22,25). The third kappa shape index (κ3) is 4.72. The van der Waals surface area contributed by atoms with Crippen molar-refractivity contribution < 1.29 is 9.18 Å². The minimum atomic E-state index is -0.240. The Morgan fingerprint density at radius 2 is 1.84 bits per heavy atom. The molecule has 1 N–H and O–H groups in total. The topological polar surface area (TPSA) is 35.6 Å². The molecule has 2 aromatic carbocycles. The molecule has 4 nitrogen and oxygen atoms in total. The van der Waals surface area contributed by atoms with Gasteiger partial charge in [0, 0.05) is 38.4 Å². The molecule has 0 saturated carbocycles. The van der Waals surface area contributed by atoms with Crippen LogP contribution in [0.5, 0.6) is 0 Å². The fraction of sp³-hybridized carbons (Fsp3) is 0.350. The lowest BCUT2D eigenvalue weighted by atomic mass is 10.1. The SMILES string of the molecule is Cc1cccc(N2CCN(C(=O)NCCc3cccc(F)c3)CC2)c1. The second-order valence-corrected chi connectivity index (χ2v) is 6.42. The molecule has 1 saturated heterocycles. The lowest BCUT2D eigenvalue weighted by molar-refractivity contribution is 0.194. The van der Waals surface area contributed by atoms with Crippen molar-refractivity contribution in [1.82, 2.24) is 10.2 Å². The number of hydrogen-bond donors (Lipinski definition) is 1. The summed E-state index contributed by atoms with van der Waals surface area (Å²) in [6.07, 6.45) is 0.632. The van der Waals surface area contributed by atoms with Gasteiger partial charge in [0.15, 0.2) is 0 Å². The van der Waals surface area contributed by atoms with E-state index in [0.717, 1.165) is 18.7 Å². The Morgan fingerprint density at radius 1 is 1.08 bits per heavy atom. The van der Waals surface area contributed by atoms with Gasteiger partial charge in [0.05, 0.1) is 0 Å². The molecular formula is C20H24FN3O. The zero-order valence-corrected chi connectivity index (χ0v) is 14.5. The van der Waals surface area contributed by atoms with Crippen LogP contribution in [0.15, 0.2) is 48.5 Å². The Labute approximate surface area is 148 Å². The van der Waals surface area contributed by atoms with E-state index in [9.17, 15) is 9.18 Å². The number of nitrogens with one attached hydrogen (secondary N) is 1. The minimum absolute atomic E-state index is 0.0414. The minimum Gasteiger partial charge on any atom is -0.368 e. The average molecular weight is 341 g/mol. The molecule has 3 rings (SSSR count). The quantitative estimate of drug-likeness (QED) is 0.927. The van der Waals surface area contributed by atoms with Crippen LogP contribution >= 0.6 is 0 Å². The summed E-state index contributed by atoms with van der Waals surface area (Å²) in [5.41, 5.74) is 3.35. The summed E-state index contributed by atoms with van der Waals surface area (Å²) >= 11 is 0. The number of piperazine rings is 1. The highest BCUT2D eigenvalue weighted by atomic mass is 19.1. The first-order valence-corrected chi connectivity index (χ1v) is 8.71. The fourth-order valence-corrected chi connectivity index (χ4v) is 3.11. The number of halogens is 1. The van der Waals surface area contributed by atoms with Gasteiger partial charge in [0.2, 0.25) is 0 Å². The van der Waals surface area contributed by atoms with E-state index >= 15 is 0 Å². The summed E-state index contributed by atoms with van der Waals surface area (Å²) in [6, 6.07) is 14.9. The van der Waals surface area contributed by atoms with Gasteiger partial charge in [-0.2, -0.15) is 0 Å². The Hall–Kier alpha value is -2.56. The smallest absolute Gasteiger partial charge is 0.317 e. The van der Waals surface area contributed by atoms with E-state index in [4.69, 9.17) is 0 Å². The molecule has 1 heterocycles. The van der Waals surface area contributed by atoms with Crippen molar-refractivity contribution in [1.29, 1.82) is 0 Å². The molecule has 0 aliphatic carbocycles. The van der Waals surface area contributed by atoms with E-state index in [-0.39, 0.29) is 11.8 Å². The third-order valence-corrected chi connectivity index (χ3v) is 4.51. The zero-order chi connectivity index (χ0) is 17.6. The normalized spacial score (nSPS) is 14.5. The van der Waals surface area contributed by atoms with Gasteiger partial charge in [0.25, 0.3) is 0 Å². The lowest BCUT2D eigenvalue weighted by Crippen LogP contribution is -2.52. The number of urea groups is 1. The summed E-state index contributed by atoms with van der Waals surface area (Å²) in [5, 5.41) is 2.93. The van der Waals surface area contributed by atoms with E-state index in [1.54, 1.807) is 6.07 Å². The zero-order valence-electron chi connectivity index (χ0n) is 14.5. The van der Waals surface area contributed by atoms with Crippen LogP contribution in [0.2, 0.25) is 0 Å². The fourth-order valence-electron chi connectivity index (χ4n) is 3.11.